The van der Waals surface area contributed by atoms with Crippen molar-refractivity contribution in [1.82, 2.24) is 16.0 Å². The second kappa shape index (κ2) is 13.0. The number of phenols is 1. The van der Waals surface area contributed by atoms with Crippen molar-refractivity contribution < 1.29 is 39.3 Å². The van der Waals surface area contributed by atoms with Gasteiger partial charge in [-0.25, -0.2) is 4.79 Å². The van der Waals surface area contributed by atoms with Crippen molar-refractivity contribution in [1.29, 1.82) is 0 Å². The normalized spacial score (nSPS) is 14.3. The zero-order valence-corrected chi connectivity index (χ0v) is 18.0. The Bertz CT molecular complexity index is 861. The summed E-state index contributed by atoms with van der Waals surface area (Å²) in [5.74, 6) is -4.46. The number of hydrogen-bond donors (Lipinski definition) is 8. The number of nitrogens with two attached hydrogens (primary N) is 2. The summed E-state index contributed by atoms with van der Waals surface area (Å²) in [6.07, 6.45) is -0.201. The predicted molar refractivity (Wildman–Crippen MR) is 114 cm³/mol. The third kappa shape index (κ3) is 9.53. The van der Waals surface area contributed by atoms with Gasteiger partial charge in [-0.1, -0.05) is 12.1 Å². The van der Waals surface area contributed by atoms with Crippen LogP contribution < -0.4 is 27.4 Å². The maximum absolute atomic E-state index is 12.6. The molecule has 0 saturated heterocycles. The first-order chi connectivity index (χ1) is 15.4. The zero-order valence-electron chi connectivity index (χ0n) is 18.0. The predicted octanol–water partition coefficient (Wildman–Crippen LogP) is -2.92. The fourth-order valence-electron chi connectivity index (χ4n) is 2.65. The third-order valence-corrected chi connectivity index (χ3v) is 4.60. The number of aliphatic hydroxyl groups excluding tert-OH is 1. The van der Waals surface area contributed by atoms with Crippen LogP contribution in [0.4, 0.5) is 0 Å². The van der Waals surface area contributed by atoms with Gasteiger partial charge in [-0.2, -0.15) is 0 Å². The maximum atomic E-state index is 12.6. The minimum Gasteiger partial charge on any atom is -0.508 e. The van der Waals surface area contributed by atoms with Crippen LogP contribution in [0.2, 0.25) is 0 Å². The molecule has 0 aliphatic heterocycles. The number of nitrogens with one attached hydrogen (secondary N) is 3. The Labute approximate surface area is 189 Å². The summed E-state index contributed by atoms with van der Waals surface area (Å²) in [5, 5.41) is 34.5. The quantitative estimate of drug-likeness (QED) is 0.148. The van der Waals surface area contributed by atoms with E-state index in [4.69, 9.17) is 21.7 Å². The van der Waals surface area contributed by atoms with E-state index in [2.05, 4.69) is 16.0 Å². The fraction of sp³-hybridized carbons (Fsp3) is 0.450. The van der Waals surface area contributed by atoms with Gasteiger partial charge in [0.15, 0.2) is 0 Å². The Morgan fingerprint density at radius 1 is 0.939 bits per heavy atom. The second-order valence-corrected chi connectivity index (χ2v) is 7.36. The number of phenolic OH excluding ortho intramolecular Hbond substituents is 1. The van der Waals surface area contributed by atoms with Crippen LogP contribution in [-0.4, -0.2) is 75.7 Å². The Morgan fingerprint density at radius 2 is 1.52 bits per heavy atom. The lowest BCUT2D eigenvalue weighted by atomic mass is 10.0. The lowest BCUT2D eigenvalue weighted by Crippen LogP contribution is -2.57. The molecule has 4 unspecified atom stereocenters. The van der Waals surface area contributed by atoms with Gasteiger partial charge in [0.25, 0.3) is 0 Å². The summed E-state index contributed by atoms with van der Waals surface area (Å²) in [4.78, 5) is 59.3. The van der Waals surface area contributed by atoms with E-state index in [0.717, 1.165) is 0 Å². The van der Waals surface area contributed by atoms with Gasteiger partial charge in [-0.05, 0) is 31.0 Å². The standard InChI is InChI=1S/C20H29N5O8/c1-10(23-18(30)13(21)6-7-16(22)28)17(29)24-14(8-11-2-4-12(27)5-3-11)19(31)25-15(9-26)20(32)33/h2-5,10,13-15,26-27H,6-9,21H2,1H3,(H2,22,28)(H,23,30)(H,24,29)(H,25,31)(H,32,33). The van der Waals surface area contributed by atoms with E-state index in [1.165, 1.54) is 31.2 Å². The van der Waals surface area contributed by atoms with Gasteiger partial charge < -0.3 is 42.7 Å². The van der Waals surface area contributed by atoms with Gasteiger partial charge in [-0.3, -0.25) is 19.2 Å². The van der Waals surface area contributed by atoms with E-state index >= 15 is 0 Å². The van der Waals surface area contributed by atoms with Crippen LogP contribution in [0.5, 0.6) is 5.75 Å². The van der Waals surface area contributed by atoms with E-state index < -0.39 is 60.4 Å². The number of benzene rings is 1. The topological polar surface area (TPSA) is 234 Å². The van der Waals surface area contributed by atoms with Crippen LogP contribution in [0, 0.1) is 0 Å². The molecule has 13 nitrogen and oxygen atoms in total. The first-order valence-corrected chi connectivity index (χ1v) is 10.0. The van der Waals surface area contributed by atoms with E-state index in [-0.39, 0.29) is 25.0 Å². The van der Waals surface area contributed by atoms with Gasteiger partial charge in [0.1, 0.15) is 23.9 Å². The van der Waals surface area contributed by atoms with Crippen molar-refractivity contribution in [3.8, 4) is 5.75 Å². The molecule has 1 aromatic carbocycles. The van der Waals surface area contributed by atoms with Crippen molar-refractivity contribution in [2.24, 2.45) is 11.5 Å². The number of hydrogen-bond acceptors (Lipinski definition) is 8. The first-order valence-electron chi connectivity index (χ1n) is 10.0. The molecule has 0 spiro atoms. The average Bonchev–Trinajstić information content (AvgIpc) is 2.75. The van der Waals surface area contributed by atoms with Crippen LogP contribution in [-0.2, 0) is 30.4 Å². The Balaban J connectivity index is 2.89. The molecule has 1 rings (SSSR count). The van der Waals surface area contributed by atoms with Gasteiger partial charge in [0, 0.05) is 12.8 Å². The lowest BCUT2D eigenvalue weighted by molar-refractivity contribution is -0.143. The van der Waals surface area contributed by atoms with Gasteiger partial charge in [-0.15, -0.1) is 0 Å². The van der Waals surface area contributed by atoms with E-state index in [1.807, 2.05) is 0 Å². The molecule has 0 fully saturated rings. The number of carboxylic acids is 1. The molecule has 33 heavy (non-hydrogen) atoms. The summed E-state index contributed by atoms with van der Waals surface area (Å²) < 4.78 is 0. The lowest BCUT2D eigenvalue weighted by Gasteiger charge is -2.23. The van der Waals surface area contributed by atoms with E-state index in [1.54, 1.807) is 0 Å². The summed E-state index contributed by atoms with van der Waals surface area (Å²) in [7, 11) is 0. The van der Waals surface area contributed by atoms with Crippen molar-refractivity contribution in [3.63, 3.8) is 0 Å². The number of amides is 4. The molecule has 0 heterocycles. The number of rotatable bonds is 13. The third-order valence-electron chi connectivity index (χ3n) is 4.60. The summed E-state index contributed by atoms with van der Waals surface area (Å²) in [5.41, 5.74) is 11.2. The summed E-state index contributed by atoms with van der Waals surface area (Å²) in [6, 6.07) is 0.698. The number of carbonyl (C=O) groups excluding carboxylic acids is 4. The SMILES string of the molecule is CC(NC(=O)C(N)CCC(N)=O)C(=O)NC(Cc1ccc(O)cc1)C(=O)NC(CO)C(=O)O. The minimum atomic E-state index is -1.59. The van der Waals surface area contributed by atoms with Crippen LogP contribution >= 0.6 is 0 Å². The smallest absolute Gasteiger partial charge is 0.328 e. The number of carbonyl (C=O) groups is 5. The molecule has 0 radical (unpaired) electrons. The van der Waals surface area contributed by atoms with Crippen LogP contribution in [0.1, 0.15) is 25.3 Å². The highest BCUT2D eigenvalue weighted by Crippen LogP contribution is 2.12. The largest absolute Gasteiger partial charge is 0.508 e. The van der Waals surface area contributed by atoms with Crippen LogP contribution in [0.25, 0.3) is 0 Å². The zero-order chi connectivity index (χ0) is 25.1. The fourth-order valence-corrected chi connectivity index (χ4v) is 2.65. The molecule has 4 atom stereocenters. The molecule has 0 saturated carbocycles. The number of aromatic hydroxyl groups is 1. The summed E-state index contributed by atoms with van der Waals surface area (Å²) >= 11 is 0. The van der Waals surface area contributed by atoms with Gasteiger partial charge in [0.2, 0.25) is 23.6 Å². The van der Waals surface area contributed by atoms with Crippen LogP contribution in [0.15, 0.2) is 24.3 Å². The second-order valence-electron chi connectivity index (χ2n) is 7.36. The van der Waals surface area contributed by atoms with E-state index in [0.29, 0.717) is 5.56 Å². The molecule has 182 valence electrons. The van der Waals surface area contributed by atoms with Crippen LogP contribution in [0.3, 0.4) is 0 Å². The molecular weight excluding hydrogens is 438 g/mol. The summed E-state index contributed by atoms with van der Waals surface area (Å²) in [6.45, 7) is 0.480. The highest BCUT2D eigenvalue weighted by atomic mass is 16.4. The van der Waals surface area contributed by atoms with Crippen molar-refractivity contribution in [3.05, 3.63) is 29.8 Å². The molecule has 0 aliphatic carbocycles. The Hall–Kier alpha value is -3.71. The highest BCUT2D eigenvalue weighted by molar-refractivity contribution is 5.94. The molecule has 0 bridgehead atoms. The minimum absolute atomic E-state index is 0.0148. The van der Waals surface area contributed by atoms with Crippen molar-refractivity contribution in [2.45, 2.75) is 50.4 Å². The maximum Gasteiger partial charge on any atom is 0.328 e. The Kier molecular flexibility index (Phi) is 10.7. The molecular formula is C20H29N5O8. The average molecular weight is 467 g/mol. The number of aliphatic hydroxyl groups is 1. The van der Waals surface area contributed by atoms with E-state index in [9.17, 15) is 29.1 Å². The van der Waals surface area contributed by atoms with Gasteiger partial charge >= 0.3 is 5.97 Å². The number of aliphatic carboxylic acids is 1. The molecule has 1 aromatic rings. The number of primary amides is 1. The monoisotopic (exact) mass is 467 g/mol. The van der Waals surface area contributed by atoms with Crippen molar-refractivity contribution in [2.75, 3.05) is 6.61 Å². The van der Waals surface area contributed by atoms with Crippen molar-refractivity contribution >= 4 is 29.6 Å². The van der Waals surface area contributed by atoms with Gasteiger partial charge in [0.05, 0.1) is 12.6 Å². The molecule has 0 aromatic heterocycles. The highest BCUT2D eigenvalue weighted by Gasteiger charge is 2.28. The first kappa shape index (κ1) is 27.3. The molecule has 0 aliphatic rings. The molecule has 4 amide bonds. The number of carboxylic acid groups (broad SMARTS) is 1. The molecule has 10 N–H and O–H groups in total. The molecule has 13 heteroatoms. The Morgan fingerprint density at radius 3 is 2.03 bits per heavy atom.